The Morgan fingerprint density at radius 3 is 2.67 bits per heavy atom. The highest BCUT2D eigenvalue weighted by Gasteiger charge is 2.60. The van der Waals surface area contributed by atoms with E-state index in [9.17, 15) is 9.90 Å². The number of aromatic nitrogens is 4. The number of hydrogen-bond acceptors (Lipinski definition) is 5. The topological polar surface area (TPSA) is 92.9 Å². The molecule has 27 heavy (non-hydrogen) atoms. The van der Waals surface area contributed by atoms with E-state index in [-0.39, 0.29) is 17.0 Å². The van der Waals surface area contributed by atoms with E-state index in [0.29, 0.717) is 22.4 Å². The zero-order chi connectivity index (χ0) is 18.6. The Labute approximate surface area is 162 Å². The van der Waals surface area contributed by atoms with Crippen molar-refractivity contribution in [1.82, 2.24) is 25.5 Å². The van der Waals surface area contributed by atoms with Crippen molar-refractivity contribution >= 4 is 17.5 Å². The summed E-state index contributed by atoms with van der Waals surface area (Å²) in [5.41, 5.74) is -0.0608. The summed E-state index contributed by atoms with van der Waals surface area (Å²) < 4.78 is 0. The molecule has 1 amide bonds. The minimum Gasteiger partial charge on any atom is -0.378 e. The van der Waals surface area contributed by atoms with Gasteiger partial charge in [-0.3, -0.25) is 4.79 Å². The predicted molar refractivity (Wildman–Crippen MR) is 97.8 cm³/mol. The molecule has 0 saturated heterocycles. The van der Waals surface area contributed by atoms with Crippen molar-refractivity contribution in [2.45, 2.75) is 55.7 Å². The number of benzene rings is 1. The Kier molecular flexibility index (Phi) is 3.81. The van der Waals surface area contributed by atoms with E-state index < -0.39 is 6.10 Å². The van der Waals surface area contributed by atoms with Crippen LogP contribution in [0.5, 0.6) is 0 Å². The molecule has 2 aromatic rings. The highest BCUT2D eigenvalue weighted by atomic mass is 35.5. The first-order valence-electron chi connectivity index (χ1n) is 9.47. The molecule has 2 N–H and O–H groups in total. The van der Waals surface area contributed by atoms with Gasteiger partial charge < -0.3 is 10.4 Å². The van der Waals surface area contributed by atoms with Crippen molar-refractivity contribution in [3.8, 4) is 0 Å². The number of amides is 1. The summed E-state index contributed by atoms with van der Waals surface area (Å²) in [6, 6.07) is 6.93. The summed E-state index contributed by atoms with van der Waals surface area (Å²) in [6.07, 6.45) is 6.14. The number of nitrogens with one attached hydrogen (secondary N) is 1. The van der Waals surface area contributed by atoms with Gasteiger partial charge in [0.05, 0.1) is 5.54 Å². The van der Waals surface area contributed by atoms with Crippen molar-refractivity contribution < 1.29 is 9.90 Å². The lowest BCUT2D eigenvalue weighted by molar-refractivity contribution is -0.139. The van der Waals surface area contributed by atoms with Gasteiger partial charge in [-0.1, -0.05) is 29.8 Å². The van der Waals surface area contributed by atoms with Gasteiger partial charge in [-0.25, -0.2) is 0 Å². The van der Waals surface area contributed by atoms with Gasteiger partial charge in [0.15, 0.2) is 12.4 Å². The molecule has 0 aliphatic heterocycles. The predicted octanol–water partition coefficient (Wildman–Crippen LogP) is 2.22. The fourth-order valence-electron chi connectivity index (χ4n) is 6.15. The fraction of sp³-hybridized carbons (Fsp3) is 0.579. The van der Waals surface area contributed by atoms with Gasteiger partial charge in [-0.15, -0.1) is 10.2 Å². The average Bonchev–Trinajstić information content (AvgIpc) is 3.15. The van der Waals surface area contributed by atoms with Crippen LogP contribution in [0.2, 0.25) is 5.02 Å². The molecule has 4 aliphatic carbocycles. The van der Waals surface area contributed by atoms with E-state index in [1.54, 1.807) is 29.1 Å². The van der Waals surface area contributed by atoms with Crippen LogP contribution in [0.1, 0.15) is 50.2 Å². The molecule has 1 heterocycles. The molecule has 1 aromatic carbocycles. The third-order valence-electron chi connectivity index (χ3n) is 6.64. The van der Waals surface area contributed by atoms with E-state index in [0.717, 1.165) is 32.1 Å². The molecule has 4 bridgehead atoms. The highest BCUT2D eigenvalue weighted by Crippen LogP contribution is 2.60. The summed E-state index contributed by atoms with van der Waals surface area (Å²) in [5.74, 6) is 0.691. The maximum absolute atomic E-state index is 12.9. The maximum atomic E-state index is 12.9. The Balaban J connectivity index is 1.42. The largest absolute Gasteiger partial charge is 0.378 e. The fourth-order valence-corrected chi connectivity index (χ4v) is 6.39. The molecule has 0 spiro atoms. The standard InChI is InChI=1S/C19H22ClN5O2/c20-15-4-2-1-3-14(15)16(26)17(27)23-18-6-12-5-13(7-18)9-19(8-12,10-18)25-22-11-21-24-25/h1-4,11-13,16,26H,5-10H2,(H,23,27). The highest BCUT2D eigenvalue weighted by molar-refractivity contribution is 6.31. The van der Waals surface area contributed by atoms with Gasteiger partial charge in [-0.05, 0) is 61.6 Å². The molecular weight excluding hydrogens is 366 g/mol. The number of halogens is 1. The molecule has 4 saturated carbocycles. The van der Waals surface area contributed by atoms with Crippen molar-refractivity contribution in [3.05, 3.63) is 41.2 Å². The van der Waals surface area contributed by atoms with Gasteiger partial charge in [0, 0.05) is 16.1 Å². The third-order valence-corrected chi connectivity index (χ3v) is 6.98. The second-order valence-corrected chi connectivity index (χ2v) is 9.01. The smallest absolute Gasteiger partial charge is 0.253 e. The zero-order valence-corrected chi connectivity index (χ0v) is 15.6. The molecule has 4 fully saturated rings. The number of rotatable bonds is 4. The Morgan fingerprint density at radius 1 is 1.26 bits per heavy atom. The van der Waals surface area contributed by atoms with E-state index >= 15 is 0 Å². The van der Waals surface area contributed by atoms with Crippen molar-refractivity contribution in [3.63, 3.8) is 0 Å². The molecule has 1 aromatic heterocycles. The van der Waals surface area contributed by atoms with Crippen LogP contribution in [0.25, 0.3) is 0 Å². The summed E-state index contributed by atoms with van der Waals surface area (Å²) in [7, 11) is 0. The lowest BCUT2D eigenvalue weighted by Gasteiger charge is -2.61. The monoisotopic (exact) mass is 387 g/mol. The SMILES string of the molecule is O=C(NC12CC3CC(C1)CC(n1ncnn1)(C3)C2)C(O)c1ccccc1Cl. The zero-order valence-electron chi connectivity index (χ0n) is 14.9. The molecule has 8 heteroatoms. The number of tetrazole rings is 1. The van der Waals surface area contributed by atoms with Gasteiger partial charge in [0.25, 0.3) is 5.91 Å². The number of aliphatic hydroxyl groups is 1. The van der Waals surface area contributed by atoms with Crippen LogP contribution in [-0.4, -0.2) is 36.8 Å². The van der Waals surface area contributed by atoms with Crippen molar-refractivity contribution in [2.75, 3.05) is 0 Å². The van der Waals surface area contributed by atoms with Gasteiger partial charge in [-0.2, -0.15) is 4.80 Å². The molecule has 6 rings (SSSR count). The van der Waals surface area contributed by atoms with Gasteiger partial charge in [0.1, 0.15) is 0 Å². The van der Waals surface area contributed by atoms with E-state index in [1.165, 1.54) is 12.7 Å². The van der Waals surface area contributed by atoms with E-state index in [1.807, 2.05) is 0 Å². The molecule has 3 unspecified atom stereocenters. The Hall–Kier alpha value is -1.99. The normalized spacial score (nSPS) is 35.2. The second kappa shape index (κ2) is 6.01. The van der Waals surface area contributed by atoms with Crippen LogP contribution >= 0.6 is 11.6 Å². The molecule has 0 radical (unpaired) electrons. The molecule has 142 valence electrons. The van der Waals surface area contributed by atoms with Crippen molar-refractivity contribution in [1.29, 1.82) is 0 Å². The molecule has 4 aliphatic rings. The summed E-state index contributed by atoms with van der Waals surface area (Å²) >= 11 is 6.16. The first-order chi connectivity index (χ1) is 13.0. The lowest BCUT2D eigenvalue weighted by atomic mass is 9.50. The Bertz CT molecular complexity index is 857. The first-order valence-corrected chi connectivity index (χ1v) is 9.84. The minimum atomic E-state index is -1.27. The van der Waals surface area contributed by atoms with Gasteiger partial charge in [0.2, 0.25) is 0 Å². The van der Waals surface area contributed by atoms with Crippen LogP contribution in [0.3, 0.4) is 0 Å². The average molecular weight is 388 g/mol. The summed E-state index contributed by atoms with van der Waals surface area (Å²) in [5, 5.41) is 26.6. The summed E-state index contributed by atoms with van der Waals surface area (Å²) in [4.78, 5) is 14.7. The van der Waals surface area contributed by atoms with Crippen molar-refractivity contribution in [2.24, 2.45) is 11.8 Å². The summed E-state index contributed by atoms with van der Waals surface area (Å²) in [6.45, 7) is 0. The molecule has 3 atom stereocenters. The number of aliphatic hydroxyl groups excluding tert-OH is 1. The lowest BCUT2D eigenvalue weighted by Crippen LogP contribution is -2.66. The maximum Gasteiger partial charge on any atom is 0.253 e. The second-order valence-electron chi connectivity index (χ2n) is 8.60. The van der Waals surface area contributed by atoms with Crippen LogP contribution in [0.15, 0.2) is 30.6 Å². The van der Waals surface area contributed by atoms with Crippen LogP contribution < -0.4 is 5.32 Å². The minimum absolute atomic E-state index is 0.177. The van der Waals surface area contributed by atoms with Crippen LogP contribution in [0.4, 0.5) is 0 Å². The van der Waals surface area contributed by atoms with E-state index in [2.05, 4.69) is 20.7 Å². The number of hydrogen-bond donors (Lipinski definition) is 2. The number of nitrogens with zero attached hydrogens (tertiary/aromatic N) is 4. The Morgan fingerprint density at radius 2 is 2.00 bits per heavy atom. The third kappa shape index (κ3) is 2.75. The van der Waals surface area contributed by atoms with Crippen LogP contribution in [0, 0.1) is 11.8 Å². The van der Waals surface area contributed by atoms with Crippen LogP contribution in [-0.2, 0) is 10.3 Å². The van der Waals surface area contributed by atoms with E-state index in [4.69, 9.17) is 11.6 Å². The molecule has 7 nitrogen and oxygen atoms in total. The molecular formula is C19H22ClN5O2. The number of carbonyl (C=O) groups is 1. The quantitative estimate of drug-likeness (QED) is 0.839. The van der Waals surface area contributed by atoms with Gasteiger partial charge >= 0.3 is 0 Å². The first kappa shape index (κ1) is 17.1. The number of carbonyl (C=O) groups excluding carboxylic acids is 1.